The molecule has 0 aliphatic carbocycles. The molecule has 0 aliphatic heterocycles. The van der Waals surface area contributed by atoms with E-state index in [0.29, 0.717) is 0 Å². The monoisotopic (exact) mass is 630 g/mol. The molecule has 11 aromatic carbocycles. The zero-order chi connectivity index (χ0) is 32.8. The van der Waals surface area contributed by atoms with Gasteiger partial charge in [0.2, 0.25) is 0 Å². The third-order valence-corrected chi connectivity index (χ3v) is 11.0. The van der Waals surface area contributed by atoms with Gasteiger partial charge in [-0.2, -0.15) is 0 Å². The molecule has 230 valence electrons. The van der Waals surface area contributed by atoms with Crippen molar-refractivity contribution in [2.45, 2.75) is 0 Å². The number of fused-ring (bicyclic) bond motifs is 6. The van der Waals surface area contributed by atoms with Crippen molar-refractivity contribution in [3.8, 4) is 33.4 Å². The van der Waals surface area contributed by atoms with Gasteiger partial charge in [-0.15, -0.1) is 0 Å². The smallest absolute Gasteiger partial charge is 0.00141 e. The van der Waals surface area contributed by atoms with Crippen molar-refractivity contribution in [2.75, 3.05) is 0 Å². The second-order valence-corrected chi connectivity index (χ2v) is 13.6. The summed E-state index contributed by atoms with van der Waals surface area (Å²) in [6, 6.07) is 67.5. The molecule has 0 heterocycles. The highest BCUT2D eigenvalue weighted by molar-refractivity contribution is 6.35. The zero-order valence-electron chi connectivity index (χ0n) is 27.3. The van der Waals surface area contributed by atoms with E-state index in [0.717, 1.165) is 0 Å². The van der Waals surface area contributed by atoms with E-state index in [1.807, 2.05) is 0 Å². The molecule has 0 nitrogen and oxygen atoms in total. The first-order valence-electron chi connectivity index (χ1n) is 17.4. The van der Waals surface area contributed by atoms with Gasteiger partial charge in [0.25, 0.3) is 0 Å². The minimum absolute atomic E-state index is 1.24. The van der Waals surface area contributed by atoms with E-state index in [-0.39, 0.29) is 0 Å². The first kappa shape index (κ1) is 27.5. The van der Waals surface area contributed by atoms with Crippen LogP contribution >= 0.6 is 0 Å². The van der Waals surface area contributed by atoms with Crippen molar-refractivity contribution < 1.29 is 0 Å². The summed E-state index contributed by atoms with van der Waals surface area (Å²) in [7, 11) is 0. The lowest BCUT2D eigenvalue weighted by Crippen LogP contribution is -1.91. The summed E-state index contributed by atoms with van der Waals surface area (Å²) in [5.41, 5.74) is 7.59. The first-order chi connectivity index (χ1) is 24.8. The number of hydrogen-bond donors (Lipinski definition) is 0. The van der Waals surface area contributed by atoms with Crippen LogP contribution in [0.15, 0.2) is 182 Å². The van der Waals surface area contributed by atoms with Crippen molar-refractivity contribution in [1.29, 1.82) is 0 Å². The number of hydrogen-bond acceptors (Lipinski definition) is 0. The Morgan fingerprint density at radius 1 is 0.220 bits per heavy atom. The Kier molecular flexibility index (Phi) is 5.76. The second-order valence-electron chi connectivity index (χ2n) is 13.6. The Morgan fingerprint density at radius 3 is 1.40 bits per heavy atom. The quantitative estimate of drug-likeness (QED) is 0.135. The summed E-state index contributed by atoms with van der Waals surface area (Å²) >= 11 is 0. The number of rotatable bonds is 3. The Labute approximate surface area is 289 Å². The van der Waals surface area contributed by atoms with Gasteiger partial charge < -0.3 is 0 Å². The molecule has 0 aromatic heterocycles. The van der Waals surface area contributed by atoms with Gasteiger partial charge in [-0.05, 0) is 121 Å². The summed E-state index contributed by atoms with van der Waals surface area (Å²) in [6.07, 6.45) is 0. The SMILES string of the molecule is c1ccc(-c2c3ccccc3c(-c3ccc4ccc(-c5ccc6c7ccccc7c7cccc8ccc5c6c87)cc4c3)c3ccccc23)cc1. The van der Waals surface area contributed by atoms with Crippen molar-refractivity contribution in [3.63, 3.8) is 0 Å². The van der Waals surface area contributed by atoms with Crippen LogP contribution in [0.5, 0.6) is 0 Å². The Balaban J connectivity index is 1.15. The summed E-state index contributed by atoms with van der Waals surface area (Å²) < 4.78 is 0. The minimum Gasteiger partial charge on any atom is -0.0622 e. The van der Waals surface area contributed by atoms with Crippen LogP contribution in [-0.2, 0) is 0 Å². The molecule has 0 N–H and O–H groups in total. The molecule has 0 saturated heterocycles. The predicted molar refractivity (Wildman–Crippen MR) is 216 cm³/mol. The zero-order valence-corrected chi connectivity index (χ0v) is 27.3. The Bertz CT molecular complexity index is 3070. The van der Waals surface area contributed by atoms with Gasteiger partial charge in [0, 0.05) is 0 Å². The Hall–Kier alpha value is -6.50. The van der Waals surface area contributed by atoms with Gasteiger partial charge in [0.05, 0.1) is 0 Å². The third kappa shape index (κ3) is 3.88. The molecule has 0 saturated carbocycles. The van der Waals surface area contributed by atoms with Crippen LogP contribution in [0.2, 0.25) is 0 Å². The number of benzene rings is 11. The average molecular weight is 631 g/mol. The van der Waals surface area contributed by atoms with Crippen molar-refractivity contribution in [3.05, 3.63) is 182 Å². The molecule has 11 aromatic rings. The summed E-state index contributed by atoms with van der Waals surface area (Å²) in [4.78, 5) is 0. The molecular weight excluding hydrogens is 601 g/mol. The maximum atomic E-state index is 2.40. The fourth-order valence-corrected chi connectivity index (χ4v) is 8.80. The van der Waals surface area contributed by atoms with Crippen LogP contribution in [-0.4, -0.2) is 0 Å². The van der Waals surface area contributed by atoms with Gasteiger partial charge in [0.1, 0.15) is 0 Å². The lowest BCUT2D eigenvalue weighted by molar-refractivity contribution is 1.66. The topological polar surface area (TPSA) is 0 Å². The largest absolute Gasteiger partial charge is 0.0622 e. The molecule has 0 spiro atoms. The molecule has 0 atom stereocenters. The van der Waals surface area contributed by atoms with Crippen LogP contribution in [0, 0.1) is 0 Å². The summed E-state index contributed by atoms with van der Waals surface area (Å²) in [5.74, 6) is 0. The summed E-state index contributed by atoms with van der Waals surface area (Å²) in [5, 5.41) is 18.2. The van der Waals surface area contributed by atoms with E-state index in [1.54, 1.807) is 0 Å². The lowest BCUT2D eigenvalue weighted by atomic mass is 9.85. The molecule has 0 bridgehead atoms. The molecular formula is C50H30. The maximum absolute atomic E-state index is 2.40. The Morgan fingerprint density at radius 2 is 0.720 bits per heavy atom. The van der Waals surface area contributed by atoms with Crippen molar-refractivity contribution in [1.82, 2.24) is 0 Å². The van der Waals surface area contributed by atoms with Crippen molar-refractivity contribution >= 4 is 75.4 Å². The highest BCUT2D eigenvalue weighted by Crippen LogP contribution is 2.46. The van der Waals surface area contributed by atoms with E-state index in [4.69, 9.17) is 0 Å². The van der Waals surface area contributed by atoms with Crippen LogP contribution < -0.4 is 0 Å². The summed E-state index contributed by atoms with van der Waals surface area (Å²) in [6.45, 7) is 0. The van der Waals surface area contributed by atoms with Gasteiger partial charge in [0.15, 0.2) is 0 Å². The first-order valence-corrected chi connectivity index (χ1v) is 17.4. The van der Waals surface area contributed by atoms with E-state index in [2.05, 4.69) is 182 Å². The van der Waals surface area contributed by atoms with Crippen LogP contribution in [0.25, 0.3) is 109 Å². The molecule has 50 heavy (non-hydrogen) atoms. The molecule has 0 amide bonds. The van der Waals surface area contributed by atoms with Crippen LogP contribution in [0.1, 0.15) is 0 Å². The molecule has 0 heteroatoms. The average Bonchev–Trinajstić information content (AvgIpc) is 3.19. The van der Waals surface area contributed by atoms with E-state index in [1.165, 1.54) is 109 Å². The standard InChI is InChI=1S/C50H30/c1-2-11-32(12-3-1)47-41-16-6-8-18-43(41)48(44-19-9-7-17-42(44)47)35-24-22-31-21-23-34(29-36(31)30-35)37-27-28-46-39-15-5-4-14-38(39)40-20-10-13-33-25-26-45(37)50(46)49(33)40/h1-30H. The van der Waals surface area contributed by atoms with Gasteiger partial charge in [-0.25, -0.2) is 0 Å². The van der Waals surface area contributed by atoms with Gasteiger partial charge in [-0.1, -0.05) is 170 Å². The van der Waals surface area contributed by atoms with Crippen molar-refractivity contribution in [2.24, 2.45) is 0 Å². The lowest BCUT2D eigenvalue weighted by Gasteiger charge is -2.18. The highest BCUT2D eigenvalue weighted by atomic mass is 14.2. The van der Waals surface area contributed by atoms with E-state index >= 15 is 0 Å². The molecule has 0 aliphatic rings. The van der Waals surface area contributed by atoms with E-state index in [9.17, 15) is 0 Å². The van der Waals surface area contributed by atoms with Gasteiger partial charge in [-0.3, -0.25) is 0 Å². The highest BCUT2D eigenvalue weighted by Gasteiger charge is 2.18. The fourth-order valence-electron chi connectivity index (χ4n) is 8.80. The molecule has 0 radical (unpaired) electrons. The fraction of sp³-hybridized carbons (Fsp3) is 0. The maximum Gasteiger partial charge on any atom is -0.00141 e. The van der Waals surface area contributed by atoms with Crippen LogP contribution in [0.3, 0.4) is 0 Å². The molecule has 0 fully saturated rings. The van der Waals surface area contributed by atoms with Gasteiger partial charge >= 0.3 is 0 Å². The van der Waals surface area contributed by atoms with Crippen LogP contribution in [0.4, 0.5) is 0 Å². The third-order valence-electron chi connectivity index (χ3n) is 11.0. The van der Waals surface area contributed by atoms with E-state index < -0.39 is 0 Å². The second kappa shape index (κ2) is 10.5. The normalized spacial score (nSPS) is 12.0. The molecule has 0 unspecified atom stereocenters. The molecule has 11 rings (SSSR count). The minimum atomic E-state index is 1.24. The predicted octanol–water partition coefficient (Wildman–Crippen LogP) is 14.2.